The van der Waals surface area contributed by atoms with Crippen molar-refractivity contribution in [3.63, 3.8) is 0 Å². The number of hydrogen-bond donors (Lipinski definition) is 1. The number of hydrogen-bond acceptors (Lipinski definition) is 4. The van der Waals surface area contributed by atoms with Gasteiger partial charge in [-0.3, -0.25) is 0 Å². The van der Waals surface area contributed by atoms with E-state index in [2.05, 4.69) is 15.5 Å². The molecule has 0 aromatic carbocycles. The number of carbonyl (C=O) groups is 1. The van der Waals surface area contributed by atoms with Crippen LogP contribution in [0.2, 0.25) is 0 Å². The zero-order valence-corrected chi connectivity index (χ0v) is 8.84. The predicted molar refractivity (Wildman–Crippen MR) is 51.4 cm³/mol. The molecule has 1 fully saturated rings. The van der Waals surface area contributed by atoms with Crippen LogP contribution in [-0.4, -0.2) is 31.3 Å². The highest BCUT2D eigenvalue weighted by Crippen LogP contribution is 2.40. The van der Waals surface area contributed by atoms with E-state index < -0.39 is 11.5 Å². The quantitative estimate of drug-likeness (QED) is 0.793. The van der Waals surface area contributed by atoms with Crippen LogP contribution in [-0.2, 0) is 10.3 Å². The molecule has 0 radical (unpaired) electrons. The summed E-state index contributed by atoms with van der Waals surface area (Å²) in [6, 6.07) is 0. The molecule has 2 rings (SSSR count). The predicted octanol–water partition coefficient (Wildman–Crippen LogP) is 0.760. The van der Waals surface area contributed by atoms with E-state index in [9.17, 15) is 9.90 Å². The Morgan fingerprint density at radius 3 is 2.80 bits per heavy atom. The van der Waals surface area contributed by atoms with Crippen LogP contribution in [0.4, 0.5) is 0 Å². The zero-order valence-electron chi connectivity index (χ0n) is 8.84. The van der Waals surface area contributed by atoms with Gasteiger partial charge in [-0.2, -0.15) is 0 Å². The second-order valence-corrected chi connectivity index (χ2v) is 4.16. The Morgan fingerprint density at radius 2 is 2.33 bits per heavy atom. The highest BCUT2D eigenvalue weighted by Gasteiger charge is 2.40. The Balaban J connectivity index is 2.41. The summed E-state index contributed by atoms with van der Waals surface area (Å²) in [7, 11) is 0. The molecule has 0 spiro atoms. The van der Waals surface area contributed by atoms with Gasteiger partial charge < -0.3 is 5.11 Å². The summed E-state index contributed by atoms with van der Waals surface area (Å²) in [6.45, 7) is 3.48. The molecule has 1 saturated carbocycles. The zero-order chi connectivity index (χ0) is 11.1. The lowest BCUT2D eigenvalue weighted by molar-refractivity contribution is -0.147. The third kappa shape index (κ3) is 1.49. The molecule has 0 saturated heterocycles. The number of tetrazole rings is 1. The number of carboxylic acid groups (broad SMARTS) is 1. The molecule has 1 unspecified atom stereocenters. The first kappa shape index (κ1) is 10.1. The molecule has 82 valence electrons. The standard InChI is InChI=1S/C9H14N4O2/c1-3-9(2,8(14)15)13-7(6-4-5-6)10-11-12-13/h6H,3-5H2,1-2H3,(H,14,15). The van der Waals surface area contributed by atoms with Crippen LogP contribution in [0.1, 0.15) is 44.9 Å². The lowest BCUT2D eigenvalue weighted by Crippen LogP contribution is -2.40. The molecule has 1 aliphatic carbocycles. The lowest BCUT2D eigenvalue weighted by Gasteiger charge is -2.23. The summed E-state index contributed by atoms with van der Waals surface area (Å²) < 4.78 is 1.47. The summed E-state index contributed by atoms with van der Waals surface area (Å²) in [4.78, 5) is 11.2. The molecule has 1 aromatic heterocycles. The number of aliphatic carboxylic acids is 1. The number of carboxylic acids is 1. The number of rotatable bonds is 4. The highest BCUT2D eigenvalue weighted by molar-refractivity contribution is 5.76. The van der Waals surface area contributed by atoms with Crippen molar-refractivity contribution in [2.75, 3.05) is 0 Å². The van der Waals surface area contributed by atoms with Crippen molar-refractivity contribution in [1.82, 2.24) is 20.2 Å². The van der Waals surface area contributed by atoms with E-state index in [0.717, 1.165) is 12.8 Å². The van der Waals surface area contributed by atoms with Gasteiger partial charge in [0.05, 0.1) is 0 Å². The van der Waals surface area contributed by atoms with Gasteiger partial charge in [0.15, 0.2) is 11.4 Å². The van der Waals surface area contributed by atoms with Crippen molar-refractivity contribution in [2.45, 2.75) is 44.6 Å². The first-order valence-corrected chi connectivity index (χ1v) is 5.11. The van der Waals surface area contributed by atoms with Crippen LogP contribution in [0.15, 0.2) is 0 Å². The summed E-state index contributed by atoms with van der Waals surface area (Å²) in [5.41, 5.74) is -1.03. The third-order valence-corrected chi connectivity index (χ3v) is 3.05. The Hall–Kier alpha value is -1.46. The van der Waals surface area contributed by atoms with Crippen LogP contribution in [0, 0.1) is 0 Å². The molecule has 0 bridgehead atoms. The molecule has 1 aromatic rings. The topological polar surface area (TPSA) is 80.9 Å². The second-order valence-electron chi connectivity index (χ2n) is 4.16. The fraction of sp³-hybridized carbons (Fsp3) is 0.778. The van der Waals surface area contributed by atoms with Crippen molar-refractivity contribution in [1.29, 1.82) is 0 Å². The van der Waals surface area contributed by atoms with Crippen LogP contribution in [0.5, 0.6) is 0 Å². The monoisotopic (exact) mass is 210 g/mol. The Kier molecular flexibility index (Phi) is 2.21. The summed E-state index contributed by atoms with van der Waals surface area (Å²) in [5, 5.41) is 20.5. The van der Waals surface area contributed by atoms with Crippen LogP contribution >= 0.6 is 0 Å². The maximum absolute atomic E-state index is 11.2. The molecule has 15 heavy (non-hydrogen) atoms. The van der Waals surface area contributed by atoms with Crippen molar-refractivity contribution in [2.24, 2.45) is 0 Å². The molecule has 1 heterocycles. The minimum Gasteiger partial charge on any atom is -0.479 e. The van der Waals surface area contributed by atoms with Gasteiger partial charge in [0.1, 0.15) is 0 Å². The fourth-order valence-corrected chi connectivity index (χ4v) is 1.53. The third-order valence-electron chi connectivity index (χ3n) is 3.05. The SMILES string of the molecule is CCC(C)(C(=O)O)n1nnnc1C1CC1. The van der Waals surface area contributed by atoms with E-state index in [0.29, 0.717) is 18.2 Å². The average Bonchev–Trinajstić information content (AvgIpc) is 2.95. The molecule has 6 heteroatoms. The van der Waals surface area contributed by atoms with Gasteiger partial charge in [-0.25, -0.2) is 9.48 Å². The van der Waals surface area contributed by atoms with Crippen LogP contribution in [0.25, 0.3) is 0 Å². The molecular formula is C9H14N4O2. The van der Waals surface area contributed by atoms with Crippen molar-refractivity contribution in [3.05, 3.63) is 5.82 Å². The summed E-state index contributed by atoms with van der Waals surface area (Å²) in [5.74, 6) is 0.172. The van der Waals surface area contributed by atoms with E-state index in [1.54, 1.807) is 6.92 Å². The normalized spacial score (nSPS) is 19.9. The van der Waals surface area contributed by atoms with E-state index >= 15 is 0 Å². The molecule has 1 aliphatic rings. The Labute approximate surface area is 87.3 Å². The fourth-order valence-electron chi connectivity index (χ4n) is 1.53. The van der Waals surface area contributed by atoms with Crippen LogP contribution < -0.4 is 0 Å². The van der Waals surface area contributed by atoms with E-state index in [4.69, 9.17) is 0 Å². The lowest BCUT2D eigenvalue weighted by atomic mass is 9.99. The van der Waals surface area contributed by atoms with Gasteiger partial charge in [-0.15, -0.1) is 5.10 Å². The van der Waals surface area contributed by atoms with E-state index in [1.165, 1.54) is 4.68 Å². The molecular weight excluding hydrogens is 196 g/mol. The Morgan fingerprint density at radius 1 is 1.67 bits per heavy atom. The van der Waals surface area contributed by atoms with Crippen molar-refractivity contribution >= 4 is 5.97 Å². The van der Waals surface area contributed by atoms with Gasteiger partial charge in [-0.05, 0) is 36.6 Å². The van der Waals surface area contributed by atoms with E-state index in [-0.39, 0.29) is 0 Å². The minimum atomic E-state index is -1.03. The first-order valence-electron chi connectivity index (χ1n) is 5.11. The minimum absolute atomic E-state index is 0.352. The first-order chi connectivity index (χ1) is 7.09. The molecule has 1 atom stereocenters. The molecule has 1 N–H and O–H groups in total. The van der Waals surface area contributed by atoms with Crippen LogP contribution in [0.3, 0.4) is 0 Å². The Bertz CT molecular complexity index is 385. The highest BCUT2D eigenvalue weighted by atomic mass is 16.4. The van der Waals surface area contributed by atoms with Gasteiger partial charge in [0.2, 0.25) is 0 Å². The number of aromatic nitrogens is 4. The molecule has 0 aliphatic heterocycles. The van der Waals surface area contributed by atoms with E-state index in [1.807, 2.05) is 6.92 Å². The largest absolute Gasteiger partial charge is 0.479 e. The smallest absolute Gasteiger partial charge is 0.331 e. The van der Waals surface area contributed by atoms with Gasteiger partial charge >= 0.3 is 5.97 Å². The summed E-state index contributed by atoms with van der Waals surface area (Å²) in [6.07, 6.45) is 2.58. The van der Waals surface area contributed by atoms with Gasteiger partial charge in [0, 0.05) is 5.92 Å². The second kappa shape index (κ2) is 3.29. The number of nitrogens with zero attached hydrogens (tertiary/aromatic N) is 4. The summed E-state index contributed by atoms with van der Waals surface area (Å²) >= 11 is 0. The maximum Gasteiger partial charge on any atom is 0.331 e. The average molecular weight is 210 g/mol. The van der Waals surface area contributed by atoms with Crippen molar-refractivity contribution in [3.8, 4) is 0 Å². The molecule has 6 nitrogen and oxygen atoms in total. The van der Waals surface area contributed by atoms with Gasteiger partial charge in [0.25, 0.3) is 0 Å². The molecule has 0 amide bonds. The maximum atomic E-state index is 11.2. The van der Waals surface area contributed by atoms with Gasteiger partial charge in [-0.1, -0.05) is 6.92 Å². The van der Waals surface area contributed by atoms with Crippen molar-refractivity contribution < 1.29 is 9.90 Å².